The number of carbonyl (C=O) groups is 2. The Balaban J connectivity index is 1.34. The van der Waals surface area contributed by atoms with E-state index in [2.05, 4.69) is 5.32 Å². The zero-order valence-corrected chi connectivity index (χ0v) is 16.4. The average Bonchev–Trinajstić information content (AvgIpc) is 3.09. The van der Waals surface area contributed by atoms with E-state index in [1.807, 2.05) is 0 Å². The van der Waals surface area contributed by atoms with Crippen molar-refractivity contribution in [2.45, 2.75) is 37.9 Å². The topological polar surface area (TPSA) is 117 Å². The molecule has 0 saturated heterocycles. The fourth-order valence-corrected chi connectivity index (χ4v) is 3.66. The van der Waals surface area contributed by atoms with Crippen molar-refractivity contribution in [2.75, 3.05) is 11.9 Å². The van der Waals surface area contributed by atoms with Gasteiger partial charge in [0.25, 0.3) is 11.7 Å². The molecular weight excluding hydrogens is 411 g/mol. The van der Waals surface area contributed by atoms with Gasteiger partial charge in [-0.15, -0.1) is 0 Å². The van der Waals surface area contributed by atoms with Crippen molar-refractivity contribution in [2.24, 2.45) is 0 Å². The Hall–Kier alpha value is -3.69. The highest BCUT2D eigenvalue weighted by molar-refractivity contribution is 5.96. The van der Waals surface area contributed by atoms with Crippen LogP contribution in [0.3, 0.4) is 0 Å². The number of nitro benzene ring substituents is 1. The van der Waals surface area contributed by atoms with Crippen LogP contribution in [-0.2, 0) is 9.53 Å². The van der Waals surface area contributed by atoms with Gasteiger partial charge in [0, 0.05) is 30.7 Å². The number of fused-ring (bicyclic) bond motifs is 1. The minimum atomic E-state index is -1.07. The van der Waals surface area contributed by atoms with Gasteiger partial charge in [-0.3, -0.25) is 14.9 Å². The van der Waals surface area contributed by atoms with E-state index in [-0.39, 0.29) is 5.56 Å². The molecule has 0 bridgehead atoms. The Morgan fingerprint density at radius 1 is 1.10 bits per heavy atom. The van der Waals surface area contributed by atoms with Gasteiger partial charge in [0.15, 0.2) is 18.1 Å². The molecule has 2 aromatic rings. The van der Waals surface area contributed by atoms with Crippen LogP contribution >= 0.6 is 0 Å². The number of halogens is 1. The van der Waals surface area contributed by atoms with Crippen LogP contribution in [0.25, 0.3) is 0 Å². The van der Waals surface area contributed by atoms with Crippen LogP contribution in [0, 0.1) is 15.9 Å². The molecule has 9 nitrogen and oxygen atoms in total. The smallest absolute Gasteiger partial charge is 0.338 e. The predicted molar refractivity (Wildman–Crippen MR) is 105 cm³/mol. The Morgan fingerprint density at radius 3 is 2.58 bits per heavy atom. The first-order valence-electron chi connectivity index (χ1n) is 9.78. The van der Waals surface area contributed by atoms with E-state index in [0.29, 0.717) is 17.2 Å². The number of anilines is 1. The van der Waals surface area contributed by atoms with Crippen molar-refractivity contribution in [1.29, 1.82) is 0 Å². The number of hydrogen-bond acceptors (Lipinski definition) is 7. The first kappa shape index (κ1) is 20.6. The number of benzene rings is 2. The molecule has 0 radical (unpaired) electrons. The van der Waals surface area contributed by atoms with Gasteiger partial charge < -0.3 is 19.5 Å². The van der Waals surface area contributed by atoms with E-state index in [1.165, 1.54) is 0 Å². The fourth-order valence-electron chi connectivity index (χ4n) is 3.66. The number of rotatable bonds is 5. The maximum atomic E-state index is 13.4. The molecule has 0 aromatic heterocycles. The summed E-state index contributed by atoms with van der Waals surface area (Å²) in [6.07, 6.45) is 4.82. The highest BCUT2D eigenvalue weighted by Gasteiger charge is 2.42. The van der Waals surface area contributed by atoms with Gasteiger partial charge in [-0.05, 0) is 37.1 Å². The number of nitrogens with one attached hydrogen (secondary N) is 1. The van der Waals surface area contributed by atoms with Crippen molar-refractivity contribution in [3.63, 3.8) is 0 Å². The lowest BCUT2D eigenvalue weighted by molar-refractivity contribution is -0.387. The Labute approximate surface area is 176 Å². The molecule has 2 aromatic carbocycles. The molecule has 10 heteroatoms. The monoisotopic (exact) mass is 430 g/mol. The van der Waals surface area contributed by atoms with Gasteiger partial charge in [-0.1, -0.05) is 6.42 Å². The predicted octanol–water partition coefficient (Wildman–Crippen LogP) is 3.96. The molecule has 4 rings (SSSR count). The zero-order chi connectivity index (χ0) is 22.0. The second-order valence-corrected chi connectivity index (χ2v) is 7.38. The molecule has 31 heavy (non-hydrogen) atoms. The molecule has 1 fully saturated rings. The molecule has 0 unspecified atom stereocenters. The number of esters is 1. The van der Waals surface area contributed by atoms with Crippen LogP contribution in [0.5, 0.6) is 11.5 Å². The van der Waals surface area contributed by atoms with Crippen molar-refractivity contribution in [3.05, 3.63) is 57.9 Å². The third-order valence-corrected chi connectivity index (χ3v) is 5.15. The summed E-state index contributed by atoms with van der Waals surface area (Å²) in [7, 11) is 0. The van der Waals surface area contributed by atoms with Gasteiger partial charge in [0.2, 0.25) is 5.82 Å². The number of carbonyl (C=O) groups excluding carboxylic acids is 2. The molecule has 1 aliphatic carbocycles. The molecule has 0 atom stereocenters. The summed E-state index contributed by atoms with van der Waals surface area (Å²) in [6, 6.07) is 7.59. The molecule has 162 valence electrons. The van der Waals surface area contributed by atoms with E-state index in [0.717, 1.165) is 50.3 Å². The summed E-state index contributed by atoms with van der Waals surface area (Å²) < 4.78 is 30.2. The molecule has 1 heterocycles. The van der Waals surface area contributed by atoms with Crippen LogP contribution < -0.4 is 14.8 Å². The Bertz CT molecular complexity index is 1050. The summed E-state index contributed by atoms with van der Waals surface area (Å²) in [6.45, 7) is -0.623. The first-order chi connectivity index (χ1) is 14.8. The fraction of sp³-hybridized carbons (Fsp3) is 0.333. The number of nitrogens with zero attached hydrogens (tertiary/aromatic N) is 1. The summed E-state index contributed by atoms with van der Waals surface area (Å²) >= 11 is 0. The van der Waals surface area contributed by atoms with Gasteiger partial charge >= 0.3 is 11.7 Å². The molecular formula is C21H19FN2O7. The number of hydrogen-bond donors (Lipinski definition) is 1. The van der Waals surface area contributed by atoms with Crippen molar-refractivity contribution in [3.8, 4) is 11.5 Å². The summed E-state index contributed by atoms with van der Waals surface area (Å²) in [5, 5.41) is 13.4. The average molecular weight is 430 g/mol. The zero-order valence-electron chi connectivity index (χ0n) is 16.4. The standard InChI is InChI=1S/C21H19FN2O7/c22-15-6-4-13(10-16(15)24(27)28)20(26)29-12-19(25)23-14-5-7-17-18(11-14)31-21(30-17)8-2-1-3-9-21/h4-7,10-11H,1-3,8-9,12H2,(H,23,25). The highest BCUT2D eigenvalue weighted by Crippen LogP contribution is 2.46. The van der Waals surface area contributed by atoms with E-state index in [1.54, 1.807) is 18.2 Å². The van der Waals surface area contributed by atoms with Gasteiger partial charge in [-0.2, -0.15) is 4.39 Å². The lowest BCUT2D eigenvalue weighted by Gasteiger charge is -2.31. The molecule has 1 aliphatic heterocycles. The van der Waals surface area contributed by atoms with Crippen molar-refractivity contribution >= 4 is 23.3 Å². The van der Waals surface area contributed by atoms with Gasteiger partial charge in [0.1, 0.15) is 0 Å². The van der Waals surface area contributed by atoms with Gasteiger partial charge in [0.05, 0.1) is 10.5 Å². The summed E-state index contributed by atoms with van der Waals surface area (Å²) in [5.41, 5.74) is -0.648. The van der Waals surface area contributed by atoms with Crippen molar-refractivity contribution in [1.82, 2.24) is 0 Å². The molecule has 1 amide bonds. The SMILES string of the molecule is O=C(COC(=O)c1ccc(F)c([N+](=O)[O-])c1)Nc1ccc2c(c1)OC1(CCCCC1)O2. The van der Waals surface area contributed by atoms with E-state index >= 15 is 0 Å². The van der Waals surface area contributed by atoms with Crippen LogP contribution in [0.4, 0.5) is 15.8 Å². The maximum absolute atomic E-state index is 13.4. The lowest BCUT2D eigenvalue weighted by atomic mass is 9.94. The van der Waals surface area contributed by atoms with Gasteiger partial charge in [-0.25, -0.2) is 4.79 Å². The Kier molecular flexibility index (Phi) is 5.45. The van der Waals surface area contributed by atoms with E-state index in [9.17, 15) is 24.1 Å². The summed E-state index contributed by atoms with van der Waals surface area (Å²) in [4.78, 5) is 34.0. The van der Waals surface area contributed by atoms with Crippen LogP contribution in [0.15, 0.2) is 36.4 Å². The molecule has 1 N–H and O–H groups in total. The van der Waals surface area contributed by atoms with E-state index in [4.69, 9.17) is 14.2 Å². The second-order valence-electron chi connectivity index (χ2n) is 7.38. The lowest BCUT2D eigenvalue weighted by Crippen LogP contribution is -2.40. The van der Waals surface area contributed by atoms with Crippen LogP contribution in [-0.4, -0.2) is 29.2 Å². The molecule has 1 spiro atoms. The minimum absolute atomic E-state index is 0.234. The number of amides is 1. The molecule has 2 aliphatic rings. The minimum Gasteiger partial charge on any atom is -0.452 e. The number of ether oxygens (including phenoxy) is 3. The third kappa shape index (κ3) is 4.42. The third-order valence-electron chi connectivity index (χ3n) is 5.15. The van der Waals surface area contributed by atoms with Crippen LogP contribution in [0.1, 0.15) is 42.5 Å². The summed E-state index contributed by atoms with van der Waals surface area (Å²) in [5.74, 6) is -2.15. The maximum Gasteiger partial charge on any atom is 0.338 e. The first-order valence-corrected chi connectivity index (χ1v) is 9.78. The highest BCUT2D eigenvalue weighted by atomic mass is 19.1. The van der Waals surface area contributed by atoms with Crippen molar-refractivity contribution < 1.29 is 33.1 Å². The van der Waals surface area contributed by atoms with Crippen LogP contribution in [0.2, 0.25) is 0 Å². The largest absolute Gasteiger partial charge is 0.452 e. The molecule has 1 saturated carbocycles. The van der Waals surface area contributed by atoms with E-state index < -0.39 is 40.7 Å². The normalized spacial score (nSPS) is 16.0. The number of nitro groups is 1. The Morgan fingerprint density at radius 2 is 1.84 bits per heavy atom. The second kappa shape index (κ2) is 8.21. The quantitative estimate of drug-likeness (QED) is 0.433.